The van der Waals surface area contributed by atoms with Gasteiger partial charge in [0.1, 0.15) is 12.6 Å². The van der Waals surface area contributed by atoms with Crippen LogP contribution in [0.2, 0.25) is 0 Å². The molecule has 0 N–H and O–H groups in total. The van der Waals surface area contributed by atoms with Crippen LogP contribution in [0.5, 0.6) is 0 Å². The van der Waals surface area contributed by atoms with E-state index in [1.165, 1.54) is 13.0 Å². The molecule has 0 amide bonds. The summed E-state index contributed by atoms with van der Waals surface area (Å²) in [4.78, 5) is 33.8. The summed E-state index contributed by atoms with van der Waals surface area (Å²) in [7, 11) is 0. The number of nitrogens with zero attached hydrogens (tertiary/aromatic N) is 2. The highest BCUT2D eigenvalue weighted by atomic mass is 16.6. The predicted molar refractivity (Wildman–Crippen MR) is 70.4 cm³/mol. The van der Waals surface area contributed by atoms with Crippen LogP contribution in [-0.4, -0.2) is 21.6 Å². The van der Waals surface area contributed by atoms with E-state index in [9.17, 15) is 19.7 Å². The fourth-order valence-electron chi connectivity index (χ4n) is 2.35. The number of carbonyl (C=O) groups excluding carboxylic acids is 1. The van der Waals surface area contributed by atoms with Crippen molar-refractivity contribution in [1.29, 1.82) is 0 Å². The number of nitro groups is 1. The molecule has 7 nitrogen and oxygen atoms in total. The van der Waals surface area contributed by atoms with Gasteiger partial charge in [-0.1, -0.05) is 0 Å². The lowest BCUT2D eigenvalue weighted by molar-refractivity contribution is -0.385. The summed E-state index contributed by atoms with van der Waals surface area (Å²) in [6.45, 7) is 1.19. The Balaban J connectivity index is 2.13. The summed E-state index contributed by atoms with van der Waals surface area (Å²) < 4.78 is 6.27. The van der Waals surface area contributed by atoms with E-state index in [0.29, 0.717) is 0 Å². The molecule has 1 aromatic rings. The molecule has 2 rings (SSSR count). The molecule has 1 saturated carbocycles. The van der Waals surface area contributed by atoms with Gasteiger partial charge in [-0.3, -0.25) is 24.3 Å². The van der Waals surface area contributed by atoms with Crippen molar-refractivity contribution in [2.24, 2.45) is 0 Å². The largest absolute Gasteiger partial charge is 0.461 e. The second kappa shape index (κ2) is 5.85. The number of aryl methyl sites for hydroxylation is 1. The summed E-state index contributed by atoms with van der Waals surface area (Å²) in [5, 5.41) is 10.8. The van der Waals surface area contributed by atoms with Crippen LogP contribution in [0, 0.1) is 17.0 Å². The second-order valence-electron chi connectivity index (χ2n) is 4.97. The monoisotopic (exact) mass is 280 g/mol. The zero-order valence-corrected chi connectivity index (χ0v) is 11.2. The van der Waals surface area contributed by atoms with Crippen molar-refractivity contribution in [3.8, 4) is 0 Å². The van der Waals surface area contributed by atoms with Crippen molar-refractivity contribution in [2.45, 2.75) is 45.3 Å². The molecule has 20 heavy (non-hydrogen) atoms. The Morgan fingerprint density at radius 3 is 2.75 bits per heavy atom. The van der Waals surface area contributed by atoms with Gasteiger partial charge >= 0.3 is 5.97 Å². The zero-order chi connectivity index (χ0) is 14.7. The number of ether oxygens (including phenoxy) is 1. The van der Waals surface area contributed by atoms with E-state index < -0.39 is 16.5 Å². The Morgan fingerprint density at radius 2 is 2.15 bits per heavy atom. The minimum Gasteiger partial charge on any atom is -0.461 e. The Morgan fingerprint density at radius 1 is 1.50 bits per heavy atom. The van der Waals surface area contributed by atoms with Crippen molar-refractivity contribution in [3.63, 3.8) is 0 Å². The molecule has 7 heteroatoms. The van der Waals surface area contributed by atoms with Crippen LogP contribution >= 0.6 is 0 Å². The smallest absolute Gasteiger partial charge is 0.326 e. The van der Waals surface area contributed by atoms with Crippen LogP contribution in [0.15, 0.2) is 17.1 Å². The van der Waals surface area contributed by atoms with Gasteiger partial charge in [0.2, 0.25) is 0 Å². The van der Waals surface area contributed by atoms with Gasteiger partial charge in [0.25, 0.3) is 11.2 Å². The van der Waals surface area contributed by atoms with E-state index in [-0.39, 0.29) is 23.9 Å². The Hall–Kier alpha value is -2.18. The van der Waals surface area contributed by atoms with Gasteiger partial charge in [-0.15, -0.1) is 0 Å². The Kier molecular flexibility index (Phi) is 4.16. The van der Waals surface area contributed by atoms with E-state index in [2.05, 4.69) is 0 Å². The number of carbonyl (C=O) groups is 1. The number of pyridine rings is 1. The van der Waals surface area contributed by atoms with Crippen LogP contribution in [0.1, 0.15) is 31.2 Å². The third kappa shape index (κ3) is 3.23. The number of esters is 1. The van der Waals surface area contributed by atoms with Crippen LogP contribution in [0.4, 0.5) is 5.69 Å². The molecular weight excluding hydrogens is 264 g/mol. The molecule has 1 aromatic heterocycles. The summed E-state index contributed by atoms with van der Waals surface area (Å²) in [5.74, 6) is -0.529. The summed E-state index contributed by atoms with van der Waals surface area (Å²) >= 11 is 0. The van der Waals surface area contributed by atoms with Crippen molar-refractivity contribution in [3.05, 3.63) is 38.3 Å². The normalized spacial score (nSPS) is 15.2. The van der Waals surface area contributed by atoms with Gasteiger partial charge in [0, 0.05) is 11.6 Å². The maximum Gasteiger partial charge on any atom is 0.326 e. The van der Waals surface area contributed by atoms with Gasteiger partial charge in [-0.2, -0.15) is 0 Å². The van der Waals surface area contributed by atoms with Crippen molar-refractivity contribution in [1.82, 2.24) is 4.57 Å². The van der Waals surface area contributed by atoms with Gasteiger partial charge in [-0.05, 0) is 32.6 Å². The molecule has 108 valence electrons. The summed E-state index contributed by atoms with van der Waals surface area (Å²) in [6, 6.07) is 1.20. The van der Waals surface area contributed by atoms with Crippen molar-refractivity contribution in [2.75, 3.05) is 0 Å². The standard InChI is InChI=1S/C13H16N2O5/c1-9-6-10(15(18)19)7-14(13(9)17)8-12(16)20-11-4-2-3-5-11/h6-7,11H,2-5,8H2,1H3. The van der Waals surface area contributed by atoms with Crippen LogP contribution in [0.3, 0.4) is 0 Å². The first kappa shape index (κ1) is 14.2. The summed E-state index contributed by atoms with van der Waals surface area (Å²) in [6.07, 6.45) is 4.74. The maximum absolute atomic E-state index is 11.8. The quantitative estimate of drug-likeness (QED) is 0.474. The molecule has 1 fully saturated rings. The molecule has 1 aliphatic carbocycles. The summed E-state index contributed by atoms with van der Waals surface area (Å²) in [5.41, 5.74) is -0.400. The van der Waals surface area contributed by atoms with Crippen molar-refractivity contribution >= 4 is 11.7 Å². The topological polar surface area (TPSA) is 91.4 Å². The lowest BCUT2D eigenvalue weighted by Gasteiger charge is -2.12. The Labute approximate surface area is 115 Å². The number of hydrogen-bond donors (Lipinski definition) is 0. The zero-order valence-electron chi connectivity index (χ0n) is 11.2. The highest BCUT2D eigenvalue weighted by molar-refractivity contribution is 5.69. The molecule has 0 radical (unpaired) electrons. The minimum atomic E-state index is -0.592. The third-order valence-corrected chi connectivity index (χ3v) is 3.36. The number of rotatable bonds is 4. The van der Waals surface area contributed by atoms with E-state index in [1.807, 2.05) is 0 Å². The molecule has 0 aromatic carbocycles. The SMILES string of the molecule is Cc1cc([N+](=O)[O-])cn(CC(=O)OC2CCCC2)c1=O. The van der Waals surface area contributed by atoms with Gasteiger partial charge in [0.15, 0.2) is 0 Å². The van der Waals surface area contributed by atoms with Crippen molar-refractivity contribution < 1.29 is 14.5 Å². The molecule has 0 unspecified atom stereocenters. The first-order chi connectivity index (χ1) is 9.47. The molecule has 0 aliphatic heterocycles. The molecule has 0 spiro atoms. The molecule has 1 heterocycles. The predicted octanol–water partition coefficient (Wildman–Crippen LogP) is 1.55. The van der Waals surface area contributed by atoms with Crippen LogP contribution in [-0.2, 0) is 16.1 Å². The lowest BCUT2D eigenvalue weighted by atomic mass is 10.3. The first-order valence-corrected chi connectivity index (χ1v) is 6.52. The van der Waals surface area contributed by atoms with Gasteiger partial charge in [-0.25, -0.2) is 0 Å². The first-order valence-electron chi connectivity index (χ1n) is 6.52. The lowest BCUT2D eigenvalue weighted by Crippen LogP contribution is -2.28. The third-order valence-electron chi connectivity index (χ3n) is 3.36. The highest BCUT2D eigenvalue weighted by Crippen LogP contribution is 2.21. The van der Waals surface area contributed by atoms with E-state index in [4.69, 9.17) is 4.74 Å². The van der Waals surface area contributed by atoms with Gasteiger partial charge in [0.05, 0.1) is 11.1 Å². The fraction of sp³-hybridized carbons (Fsp3) is 0.538. The van der Waals surface area contributed by atoms with E-state index in [1.54, 1.807) is 0 Å². The van der Waals surface area contributed by atoms with E-state index >= 15 is 0 Å². The molecule has 0 bridgehead atoms. The van der Waals surface area contributed by atoms with Crippen LogP contribution in [0.25, 0.3) is 0 Å². The average molecular weight is 280 g/mol. The van der Waals surface area contributed by atoms with E-state index in [0.717, 1.165) is 36.4 Å². The number of hydrogen-bond acceptors (Lipinski definition) is 5. The van der Waals surface area contributed by atoms with Crippen LogP contribution < -0.4 is 5.56 Å². The molecule has 0 saturated heterocycles. The highest BCUT2D eigenvalue weighted by Gasteiger charge is 2.20. The number of aromatic nitrogens is 1. The molecule has 0 atom stereocenters. The average Bonchev–Trinajstić information content (AvgIpc) is 2.87. The van der Waals surface area contributed by atoms with Gasteiger partial charge < -0.3 is 4.74 Å². The molecular formula is C13H16N2O5. The minimum absolute atomic E-state index is 0.0852. The Bertz CT molecular complexity index is 587. The second-order valence-corrected chi connectivity index (χ2v) is 4.97. The molecule has 1 aliphatic rings. The maximum atomic E-state index is 11.8. The fourth-order valence-corrected chi connectivity index (χ4v) is 2.35.